The quantitative estimate of drug-likeness (QED) is 0.663. The van der Waals surface area contributed by atoms with E-state index in [-0.39, 0.29) is 17.9 Å². The third-order valence-electron chi connectivity index (χ3n) is 5.31. The van der Waals surface area contributed by atoms with Gasteiger partial charge >= 0.3 is 5.91 Å². The fourth-order valence-electron chi connectivity index (χ4n) is 3.72. The molecule has 2 N–H and O–H groups in total. The molecule has 3 aromatic carbocycles. The molecular weight excluding hydrogens is 374 g/mol. The number of carbonyl (C=O) groups excluding carboxylic acids is 2. The van der Waals surface area contributed by atoms with E-state index in [1.807, 2.05) is 92.9 Å². The molecular formula is C25H24N3O2+. The molecule has 0 unspecified atom stereocenters. The van der Waals surface area contributed by atoms with Crippen LogP contribution in [0.25, 0.3) is 0 Å². The van der Waals surface area contributed by atoms with Gasteiger partial charge in [0.25, 0.3) is 5.91 Å². The molecule has 0 aliphatic carbocycles. The maximum absolute atomic E-state index is 12.9. The summed E-state index contributed by atoms with van der Waals surface area (Å²) in [6.07, 6.45) is 1.92. The van der Waals surface area contributed by atoms with E-state index in [1.54, 1.807) is 10.8 Å². The van der Waals surface area contributed by atoms with Gasteiger partial charge < -0.3 is 5.32 Å². The lowest BCUT2D eigenvalue weighted by atomic mass is 9.99. The Bertz CT molecular complexity index is 1120. The molecule has 0 bridgehead atoms. The highest BCUT2D eigenvalue weighted by Crippen LogP contribution is 2.25. The first-order chi connectivity index (χ1) is 14.5. The average molecular weight is 398 g/mol. The van der Waals surface area contributed by atoms with Gasteiger partial charge in [-0.1, -0.05) is 66.2 Å². The molecule has 1 heterocycles. The molecule has 30 heavy (non-hydrogen) atoms. The van der Waals surface area contributed by atoms with Crippen LogP contribution in [0.15, 0.2) is 78.9 Å². The Morgan fingerprint density at radius 1 is 0.967 bits per heavy atom. The monoisotopic (exact) mass is 398 g/mol. The third kappa shape index (κ3) is 4.01. The van der Waals surface area contributed by atoms with E-state index in [0.29, 0.717) is 5.56 Å². The Labute approximate surface area is 176 Å². The van der Waals surface area contributed by atoms with Crippen LogP contribution in [0.5, 0.6) is 0 Å². The second kappa shape index (κ2) is 8.33. The number of hydrazone groups is 1. The summed E-state index contributed by atoms with van der Waals surface area (Å²) in [5.41, 5.74) is 7.50. The van der Waals surface area contributed by atoms with Gasteiger partial charge in [0.2, 0.25) is 12.3 Å². The van der Waals surface area contributed by atoms with E-state index < -0.39 is 6.04 Å². The number of nitrogens with one attached hydrogen (secondary N) is 2. The fourth-order valence-corrected chi connectivity index (χ4v) is 3.72. The van der Waals surface area contributed by atoms with Crippen molar-refractivity contribution in [2.75, 3.05) is 0 Å². The van der Waals surface area contributed by atoms with Crippen molar-refractivity contribution >= 4 is 18.0 Å². The van der Waals surface area contributed by atoms with Crippen molar-refractivity contribution < 1.29 is 14.3 Å². The van der Waals surface area contributed by atoms with Crippen molar-refractivity contribution in [2.24, 2.45) is 0 Å². The highest BCUT2D eigenvalue weighted by atomic mass is 16.2. The van der Waals surface area contributed by atoms with Crippen molar-refractivity contribution in [3.8, 4) is 0 Å². The van der Waals surface area contributed by atoms with E-state index in [1.165, 1.54) is 0 Å². The molecule has 150 valence electrons. The van der Waals surface area contributed by atoms with Crippen LogP contribution in [0.3, 0.4) is 0 Å². The number of rotatable bonds is 4. The van der Waals surface area contributed by atoms with Gasteiger partial charge in [-0.15, -0.1) is 10.1 Å². The number of nitrogens with zero attached hydrogens (tertiary/aromatic N) is 1. The summed E-state index contributed by atoms with van der Waals surface area (Å²) in [6.45, 7) is 3.96. The lowest BCUT2D eigenvalue weighted by molar-refractivity contribution is -0.596. The first kappa shape index (κ1) is 19.6. The second-order valence-electron chi connectivity index (χ2n) is 7.55. The van der Waals surface area contributed by atoms with Gasteiger partial charge in [0.1, 0.15) is 0 Å². The Kier molecular flexibility index (Phi) is 5.44. The fraction of sp³-hybridized carbons (Fsp3) is 0.160. The zero-order valence-electron chi connectivity index (χ0n) is 17.0. The summed E-state index contributed by atoms with van der Waals surface area (Å²) in [7, 11) is 0. The molecule has 1 aliphatic rings. The number of hydrogen-bond acceptors (Lipinski definition) is 2. The Balaban J connectivity index is 1.71. The molecule has 1 fully saturated rings. The van der Waals surface area contributed by atoms with E-state index in [9.17, 15) is 9.59 Å². The number of hydrazine groups is 1. The van der Waals surface area contributed by atoms with Gasteiger partial charge in [0.15, 0.2) is 6.04 Å². The van der Waals surface area contributed by atoms with E-state index >= 15 is 0 Å². The molecule has 0 saturated carbocycles. The molecule has 0 aromatic heterocycles. The number of benzene rings is 3. The van der Waals surface area contributed by atoms with Crippen molar-refractivity contribution in [3.63, 3.8) is 0 Å². The van der Waals surface area contributed by atoms with Crippen molar-refractivity contribution in [2.45, 2.75) is 25.9 Å². The highest BCUT2D eigenvalue weighted by molar-refractivity contribution is 5.98. The minimum Gasteiger partial charge on any atom is -0.334 e. The molecule has 0 radical (unpaired) electrons. The Hall–Kier alpha value is -3.73. The molecule has 5 heteroatoms. The summed E-state index contributed by atoms with van der Waals surface area (Å²) in [4.78, 5) is 25.8. The zero-order valence-corrected chi connectivity index (χ0v) is 17.0. The maximum Gasteiger partial charge on any atom is 0.304 e. The summed E-state index contributed by atoms with van der Waals surface area (Å²) < 4.78 is 1.79. The van der Waals surface area contributed by atoms with Crippen LogP contribution >= 0.6 is 0 Å². The second-order valence-corrected chi connectivity index (χ2v) is 7.55. The van der Waals surface area contributed by atoms with E-state index in [2.05, 4.69) is 10.7 Å². The van der Waals surface area contributed by atoms with Gasteiger partial charge in [-0.25, -0.2) is 0 Å². The zero-order chi connectivity index (χ0) is 21.1. The SMILES string of the molecule is Cc1cccc(C(=O)N[C@@H]2C(=O)N/[N+](=C\c3ccccc3C)[C@H]2c2ccccc2)c1. The van der Waals surface area contributed by atoms with Gasteiger partial charge in [-0.05, 0) is 37.6 Å². The summed E-state index contributed by atoms with van der Waals surface area (Å²) >= 11 is 0. The molecule has 4 rings (SSSR count). The van der Waals surface area contributed by atoms with Crippen LogP contribution in [-0.2, 0) is 4.79 Å². The van der Waals surface area contributed by atoms with Crippen LogP contribution in [-0.4, -0.2) is 28.8 Å². The lowest BCUT2D eigenvalue weighted by Crippen LogP contribution is -2.42. The molecule has 2 amide bonds. The highest BCUT2D eigenvalue weighted by Gasteiger charge is 2.47. The smallest absolute Gasteiger partial charge is 0.304 e. The van der Waals surface area contributed by atoms with Gasteiger partial charge in [0.05, 0.1) is 0 Å². The summed E-state index contributed by atoms with van der Waals surface area (Å²) in [6, 6.07) is 24.0. The molecule has 2 atom stereocenters. The van der Waals surface area contributed by atoms with E-state index in [0.717, 1.165) is 22.3 Å². The molecule has 5 nitrogen and oxygen atoms in total. The lowest BCUT2D eigenvalue weighted by Gasteiger charge is -2.15. The van der Waals surface area contributed by atoms with Gasteiger partial charge in [-0.2, -0.15) is 0 Å². The molecule has 3 aromatic rings. The minimum atomic E-state index is -0.722. The first-order valence-electron chi connectivity index (χ1n) is 9.95. The van der Waals surface area contributed by atoms with E-state index in [4.69, 9.17) is 0 Å². The number of hydrogen-bond donors (Lipinski definition) is 2. The Morgan fingerprint density at radius 3 is 2.43 bits per heavy atom. The van der Waals surface area contributed by atoms with Crippen molar-refractivity contribution in [1.29, 1.82) is 0 Å². The first-order valence-corrected chi connectivity index (χ1v) is 9.95. The molecule has 0 spiro atoms. The Morgan fingerprint density at radius 2 is 1.70 bits per heavy atom. The van der Waals surface area contributed by atoms with Crippen molar-refractivity contribution in [1.82, 2.24) is 10.7 Å². The van der Waals surface area contributed by atoms with Crippen LogP contribution in [0.4, 0.5) is 0 Å². The molecule has 1 saturated heterocycles. The van der Waals surface area contributed by atoms with Crippen LogP contribution in [0.1, 0.15) is 38.7 Å². The van der Waals surface area contributed by atoms with Gasteiger partial charge in [-0.3, -0.25) is 9.59 Å². The predicted molar refractivity (Wildman–Crippen MR) is 116 cm³/mol. The van der Waals surface area contributed by atoms with Gasteiger partial charge in [0, 0.05) is 16.7 Å². The third-order valence-corrected chi connectivity index (χ3v) is 5.31. The molecule has 1 aliphatic heterocycles. The van der Waals surface area contributed by atoms with Crippen molar-refractivity contribution in [3.05, 3.63) is 107 Å². The maximum atomic E-state index is 12.9. The average Bonchev–Trinajstić information content (AvgIpc) is 3.05. The summed E-state index contributed by atoms with van der Waals surface area (Å²) in [5, 5.41) is 2.94. The number of aryl methyl sites for hydroxylation is 2. The topological polar surface area (TPSA) is 61.2 Å². The number of carbonyl (C=O) groups is 2. The standard InChI is InChI=1S/C25H23N3O2/c1-17-9-8-14-20(15-17)24(29)26-22-23(19-11-4-3-5-12-19)28(27-25(22)30)16-21-13-7-6-10-18(21)2/h3-16,22-23H,1-2H3,(H-,26,27,29,30)/p+1/b28-16-/t22-,23-/m0/s1. The summed E-state index contributed by atoms with van der Waals surface area (Å²) in [5.74, 6) is -0.507. The largest absolute Gasteiger partial charge is 0.334 e. The van der Waals surface area contributed by atoms with Crippen LogP contribution in [0, 0.1) is 13.8 Å². The number of amides is 2. The minimum absolute atomic E-state index is 0.241. The van der Waals surface area contributed by atoms with Crippen LogP contribution in [0.2, 0.25) is 0 Å². The van der Waals surface area contributed by atoms with Crippen LogP contribution < -0.4 is 10.7 Å². The normalized spacial score (nSPS) is 19.5. The predicted octanol–water partition coefficient (Wildman–Crippen LogP) is 3.32.